The highest BCUT2D eigenvalue weighted by atomic mass is 16.3. The van der Waals surface area contributed by atoms with Crippen molar-refractivity contribution in [3.8, 4) is 28.7 Å². The van der Waals surface area contributed by atoms with Crippen LogP contribution in [0.5, 0.6) is 0 Å². The lowest BCUT2D eigenvalue weighted by atomic mass is 10.1. The SMILES string of the molecule is CCN(CCO)Cc1c(C#N)cccc1NCc1nc(-c2ccc(=N)n(N)c2)c(-c2cccc(C)n2)[nH]1. The van der Waals surface area contributed by atoms with Crippen molar-refractivity contribution < 1.29 is 5.11 Å². The maximum absolute atomic E-state index is 9.70. The molecule has 6 N–H and O–H groups in total. The van der Waals surface area contributed by atoms with Crippen LogP contribution >= 0.6 is 0 Å². The first-order valence-corrected chi connectivity index (χ1v) is 12.1. The maximum atomic E-state index is 9.70. The molecule has 190 valence electrons. The number of aryl methyl sites for hydroxylation is 1. The molecule has 0 aliphatic rings. The number of aromatic amines is 1. The molecule has 3 aromatic heterocycles. The van der Waals surface area contributed by atoms with Gasteiger partial charge in [0, 0.05) is 41.8 Å². The van der Waals surface area contributed by atoms with Gasteiger partial charge in [0.25, 0.3) is 0 Å². The quantitative estimate of drug-likeness (QED) is 0.211. The second-order valence-electron chi connectivity index (χ2n) is 8.67. The van der Waals surface area contributed by atoms with Gasteiger partial charge < -0.3 is 21.2 Å². The first kappa shape index (κ1) is 25.6. The fourth-order valence-corrected chi connectivity index (χ4v) is 4.16. The van der Waals surface area contributed by atoms with E-state index in [4.69, 9.17) is 16.2 Å². The first-order valence-electron chi connectivity index (χ1n) is 12.1. The number of rotatable bonds is 10. The predicted molar refractivity (Wildman–Crippen MR) is 143 cm³/mol. The average molecular weight is 498 g/mol. The summed E-state index contributed by atoms with van der Waals surface area (Å²) < 4.78 is 1.25. The minimum absolute atomic E-state index is 0.0558. The lowest BCUT2D eigenvalue weighted by Crippen LogP contribution is -2.27. The number of likely N-dealkylation sites (N-methyl/N-ethyl adjacent to an activating group) is 1. The maximum Gasteiger partial charge on any atom is 0.143 e. The van der Waals surface area contributed by atoms with E-state index in [1.807, 2.05) is 50.2 Å². The molecule has 0 bridgehead atoms. The van der Waals surface area contributed by atoms with Crippen molar-refractivity contribution >= 4 is 5.69 Å². The summed E-state index contributed by atoms with van der Waals surface area (Å²) in [5, 5.41) is 30.4. The van der Waals surface area contributed by atoms with Crippen molar-refractivity contribution in [2.45, 2.75) is 26.9 Å². The lowest BCUT2D eigenvalue weighted by molar-refractivity contribution is 0.197. The highest BCUT2D eigenvalue weighted by Crippen LogP contribution is 2.29. The molecule has 0 aliphatic carbocycles. The number of hydrogen-bond acceptors (Lipinski definition) is 8. The Morgan fingerprint density at radius 1 is 1.19 bits per heavy atom. The third-order valence-corrected chi connectivity index (χ3v) is 6.14. The smallest absolute Gasteiger partial charge is 0.143 e. The van der Waals surface area contributed by atoms with Gasteiger partial charge in [0.2, 0.25) is 0 Å². The number of pyridine rings is 2. The van der Waals surface area contributed by atoms with E-state index in [9.17, 15) is 10.4 Å². The Kier molecular flexibility index (Phi) is 7.98. The van der Waals surface area contributed by atoms with Gasteiger partial charge in [-0.15, -0.1) is 0 Å². The summed E-state index contributed by atoms with van der Waals surface area (Å²) >= 11 is 0. The number of aliphatic hydroxyl groups is 1. The minimum atomic E-state index is 0.0558. The van der Waals surface area contributed by atoms with Gasteiger partial charge in [0.05, 0.1) is 41.9 Å². The van der Waals surface area contributed by atoms with Crippen molar-refractivity contribution in [2.24, 2.45) is 0 Å². The van der Waals surface area contributed by atoms with Gasteiger partial charge in [0.15, 0.2) is 0 Å². The monoisotopic (exact) mass is 497 g/mol. The molecule has 37 heavy (non-hydrogen) atoms. The molecule has 3 heterocycles. The fraction of sp³-hybridized carbons (Fsp3) is 0.259. The Morgan fingerprint density at radius 2 is 2.00 bits per heavy atom. The molecule has 0 atom stereocenters. The van der Waals surface area contributed by atoms with Gasteiger partial charge in [-0.3, -0.25) is 20.0 Å². The molecule has 0 fully saturated rings. The van der Waals surface area contributed by atoms with E-state index in [1.54, 1.807) is 18.3 Å². The summed E-state index contributed by atoms with van der Waals surface area (Å²) in [5.41, 5.74) is 6.32. The summed E-state index contributed by atoms with van der Waals surface area (Å²) in [6.07, 6.45) is 1.67. The highest BCUT2D eigenvalue weighted by molar-refractivity contribution is 5.76. The van der Waals surface area contributed by atoms with Crippen LogP contribution in [0.15, 0.2) is 54.7 Å². The van der Waals surface area contributed by atoms with E-state index >= 15 is 0 Å². The van der Waals surface area contributed by atoms with Gasteiger partial charge in [-0.2, -0.15) is 5.26 Å². The van der Waals surface area contributed by atoms with E-state index in [-0.39, 0.29) is 12.1 Å². The summed E-state index contributed by atoms with van der Waals surface area (Å²) in [4.78, 5) is 15.0. The Balaban J connectivity index is 1.69. The zero-order valence-electron chi connectivity index (χ0n) is 21.0. The van der Waals surface area contributed by atoms with Crippen molar-refractivity contribution in [2.75, 3.05) is 30.9 Å². The Bertz CT molecular complexity index is 1480. The molecular weight excluding hydrogens is 466 g/mol. The number of benzene rings is 1. The van der Waals surface area contributed by atoms with E-state index < -0.39 is 0 Å². The van der Waals surface area contributed by atoms with Crippen molar-refractivity contribution in [3.05, 3.63) is 82.9 Å². The number of hydrogen-bond donors (Lipinski definition) is 5. The van der Waals surface area contributed by atoms with Crippen LogP contribution in [-0.4, -0.2) is 49.3 Å². The molecule has 0 saturated heterocycles. The molecule has 1 aromatic carbocycles. The number of H-pyrrole nitrogens is 1. The van der Waals surface area contributed by atoms with E-state index in [2.05, 4.69) is 26.3 Å². The van der Waals surface area contributed by atoms with Crippen molar-refractivity contribution in [3.63, 3.8) is 0 Å². The molecule has 4 rings (SSSR count). The van der Waals surface area contributed by atoms with Gasteiger partial charge in [-0.25, -0.2) is 4.98 Å². The summed E-state index contributed by atoms with van der Waals surface area (Å²) in [5.74, 6) is 6.63. The van der Waals surface area contributed by atoms with Gasteiger partial charge in [0.1, 0.15) is 11.3 Å². The number of aliphatic hydroxyl groups excluding tert-OH is 1. The highest BCUT2D eigenvalue weighted by Gasteiger charge is 2.17. The molecule has 10 nitrogen and oxygen atoms in total. The van der Waals surface area contributed by atoms with Crippen molar-refractivity contribution in [1.82, 2.24) is 24.5 Å². The van der Waals surface area contributed by atoms with E-state index in [1.165, 1.54) is 4.68 Å². The molecule has 0 saturated carbocycles. The molecule has 0 radical (unpaired) electrons. The minimum Gasteiger partial charge on any atom is -0.395 e. The normalized spacial score (nSPS) is 11.0. The first-order chi connectivity index (χ1) is 17.9. The molecule has 4 aromatic rings. The van der Waals surface area contributed by atoms with Crippen LogP contribution in [0.2, 0.25) is 0 Å². The van der Waals surface area contributed by atoms with Gasteiger partial charge in [-0.1, -0.05) is 19.1 Å². The molecule has 0 aliphatic heterocycles. The largest absolute Gasteiger partial charge is 0.395 e. The van der Waals surface area contributed by atoms with Crippen LogP contribution in [-0.2, 0) is 13.1 Å². The van der Waals surface area contributed by atoms with Crippen LogP contribution in [0.3, 0.4) is 0 Å². The average Bonchev–Trinajstić information content (AvgIpc) is 3.33. The summed E-state index contributed by atoms with van der Waals surface area (Å²) in [7, 11) is 0. The molecule has 10 heteroatoms. The standard InChI is InChI=1S/C27H31N9O/c1-3-35(12-13-37)17-21-19(14-28)7-5-8-22(21)31-15-25-33-26(20-10-11-24(29)36(30)16-20)27(34-25)23-9-4-6-18(2)32-23/h4-11,16,29,31,37H,3,12-13,15,17,30H2,1-2H3,(H,33,34). The predicted octanol–water partition coefficient (Wildman–Crippen LogP) is 2.74. The molecule has 0 unspecified atom stereocenters. The number of nitrogens with one attached hydrogen (secondary N) is 3. The Morgan fingerprint density at radius 3 is 2.70 bits per heavy atom. The number of nitrogen functional groups attached to an aromatic ring is 1. The number of nitrogens with two attached hydrogens (primary N) is 1. The van der Waals surface area contributed by atoms with E-state index in [0.717, 1.165) is 40.4 Å². The zero-order valence-corrected chi connectivity index (χ0v) is 21.0. The number of anilines is 1. The number of nitriles is 1. The second-order valence-corrected chi connectivity index (χ2v) is 8.67. The summed E-state index contributed by atoms with van der Waals surface area (Å²) in [6.45, 7) is 6.23. The molecule has 0 spiro atoms. The fourth-order valence-electron chi connectivity index (χ4n) is 4.16. The van der Waals surface area contributed by atoms with Crippen LogP contribution in [0.25, 0.3) is 22.6 Å². The Hall–Kier alpha value is -4.46. The molecular formula is C27H31N9O. The molecule has 0 amide bonds. The topological polar surface area (TPSA) is 156 Å². The summed E-state index contributed by atoms with van der Waals surface area (Å²) in [6, 6.07) is 17.1. The Labute approximate surface area is 215 Å². The van der Waals surface area contributed by atoms with E-state index in [0.29, 0.717) is 36.7 Å². The van der Waals surface area contributed by atoms with Crippen LogP contribution < -0.4 is 16.6 Å². The number of imidazole rings is 1. The number of nitrogens with zero attached hydrogens (tertiary/aromatic N) is 5. The third-order valence-electron chi connectivity index (χ3n) is 6.14. The van der Waals surface area contributed by atoms with Crippen LogP contribution in [0.1, 0.15) is 29.6 Å². The second kappa shape index (κ2) is 11.5. The van der Waals surface area contributed by atoms with Gasteiger partial charge >= 0.3 is 0 Å². The van der Waals surface area contributed by atoms with Gasteiger partial charge in [-0.05, 0) is 49.9 Å². The lowest BCUT2D eigenvalue weighted by Gasteiger charge is -2.22. The van der Waals surface area contributed by atoms with Crippen molar-refractivity contribution in [1.29, 1.82) is 10.7 Å². The number of aromatic nitrogens is 4. The zero-order chi connectivity index (χ0) is 26.4. The van der Waals surface area contributed by atoms with Crippen LogP contribution in [0, 0.1) is 23.7 Å². The van der Waals surface area contributed by atoms with Crippen LogP contribution in [0.4, 0.5) is 5.69 Å². The third kappa shape index (κ3) is 5.86.